The number of amides is 2. The third-order valence-corrected chi connectivity index (χ3v) is 5.07. The topological polar surface area (TPSA) is 83.4 Å². The number of fused-ring (bicyclic) bond motifs is 1. The summed E-state index contributed by atoms with van der Waals surface area (Å²) < 4.78 is 5.41. The maximum atomic E-state index is 12.6. The van der Waals surface area contributed by atoms with E-state index in [-0.39, 0.29) is 11.7 Å². The summed E-state index contributed by atoms with van der Waals surface area (Å²) in [4.78, 5) is 25.1. The minimum Gasteiger partial charge on any atom is -0.421 e. The molecule has 1 aliphatic carbocycles. The minimum atomic E-state index is -0.597. The molecular weight excluding hydrogens is 378 g/mol. The van der Waals surface area contributed by atoms with Gasteiger partial charge < -0.3 is 15.1 Å². The van der Waals surface area contributed by atoms with Gasteiger partial charge in [0.15, 0.2) is 5.69 Å². The van der Waals surface area contributed by atoms with Crippen molar-refractivity contribution in [2.45, 2.75) is 31.7 Å². The zero-order valence-corrected chi connectivity index (χ0v) is 15.9. The summed E-state index contributed by atoms with van der Waals surface area (Å²) in [7, 11) is 0. The third-order valence-electron chi connectivity index (χ3n) is 4.84. The van der Waals surface area contributed by atoms with E-state index in [0.717, 1.165) is 31.1 Å². The van der Waals surface area contributed by atoms with Crippen molar-refractivity contribution in [1.29, 1.82) is 0 Å². The number of urea groups is 1. The fourth-order valence-corrected chi connectivity index (χ4v) is 3.72. The van der Waals surface area contributed by atoms with Crippen molar-refractivity contribution in [2.75, 3.05) is 16.0 Å². The predicted molar refractivity (Wildman–Crippen MR) is 112 cm³/mol. The molecule has 144 valence electrons. The van der Waals surface area contributed by atoms with Crippen molar-refractivity contribution < 1.29 is 9.21 Å². The highest BCUT2D eigenvalue weighted by molar-refractivity contribution is 6.30. The van der Waals surface area contributed by atoms with Crippen molar-refractivity contribution in [2.24, 2.45) is 0 Å². The normalized spacial score (nSPS) is 14.2. The van der Waals surface area contributed by atoms with Gasteiger partial charge in [0, 0.05) is 22.1 Å². The highest BCUT2D eigenvalue weighted by Gasteiger charge is 2.21. The van der Waals surface area contributed by atoms with Crippen LogP contribution in [0.25, 0.3) is 11.0 Å². The monoisotopic (exact) mass is 397 g/mol. The van der Waals surface area contributed by atoms with Gasteiger partial charge in [0.2, 0.25) is 0 Å². The average molecular weight is 398 g/mol. The SMILES string of the molecule is O=C(Nc1cccc(Cl)c1)Nc1c(NC2CCCC2)c2ccccc2oc1=O. The Bertz CT molecular complexity index is 1070. The smallest absolute Gasteiger partial charge is 0.362 e. The van der Waals surface area contributed by atoms with E-state index in [0.29, 0.717) is 22.0 Å². The van der Waals surface area contributed by atoms with Crippen molar-refractivity contribution in [3.8, 4) is 0 Å². The molecule has 3 N–H and O–H groups in total. The maximum Gasteiger partial charge on any atom is 0.362 e. The maximum absolute atomic E-state index is 12.6. The van der Waals surface area contributed by atoms with Gasteiger partial charge in [-0.3, -0.25) is 5.32 Å². The molecule has 7 heteroatoms. The number of anilines is 3. The summed E-state index contributed by atoms with van der Waals surface area (Å²) in [6.07, 6.45) is 4.36. The van der Waals surface area contributed by atoms with Gasteiger partial charge in [-0.1, -0.05) is 42.6 Å². The van der Waals surface area contributed by atoms with Crippen LogP contribution >= 0.6 is 11.6 Å². The van der Waals surface area contributed by atoms with Crippen molar-refractivity contribution >= 4 is 45.7 Å². The summed E-state index contributed by atoms with van der Waals surface area (Å²) in [5.41, 5.74) is 1.11. The molecule has 0 unspecified atom stereocenters. The van der Waals surface area contributed by atoms with E-state index in [9.17, 15) is 9.59 Å². The Kier molecular flexibility index (Phi) is 5.21. The van der Waals surface area contributed by atoms with Crippen LogP contribution in [0.1, 0.15) is 25.7 Å². The van der Waals surface area contributed by atoms with Gasteiger partial charge in [-0.15, -0.1) is 0 Å². The molecule has 0 saturated heterocycles. The Balaban J connectivity index is 1.67. The molecule has 0 atom stereocenters. The molecule has 6 nitrogen and oxygen atoms in total. The van der Waals surface area contributed by atoms with E-state index in [4.69, 9.17) is 16.0 Å². The van der Waals surface area contributed by atoms with Gasteiger partial charge in [0.1, 0.15) is 5.58 Å². The van der Waals surface area contributed by atoms with Crippen LogP contribution in [0.4, 0.5) is 21.9 Å². The molecule has 1 fully saturated rings. The molecule has 0 bridgehead atoms. The average Bonchev–Trinajstić information content (AvgIpc) is 3.17. The minimum absolute atomic E-state index is 0.102. The molecule has 2 aromatic carbocycles. The second kappa shape index (κ2) is 7.94. The van der Waals surface area contributed by atoms with Crippen LogP contribution in [-0.4, -0.2) is 12.1 Å². The van der Waals surface area contributed by atoms with E-state index in [1.807, 2.05) is 18.2 Å². The Hall–Kier alpha value is -2.99. The van der Waals surface area contributed by atoms with Crippen molar-refractivity contribution in [3.63, 3.8) is 0 Å². The van der Waals surface area contributed by atoms with Crippen LogP contribution in [0.5, 0.6) is 0 Å². The van der Waals surface area contributed by atoms with E-state index in [1.165, 1.54) is 0 Å². The first-order chi connectivity index (χ1) is 13.6. The molecule has 0 aliphatic heterocycles. The summed E-state index contributed by atoms with van der Waals surface area (Å²) in [5, 5.41) is 10.0. The van der Waals surface area contributed by atoms with E-state index >= 15 is 0 Å². The molecule has 1 saturated carbocycles. The molecule has 1 heterocycles. The number of rotatable bonds is 4. The standard InChI is InChI=1S/C21H20ClN3O3/c22-13-6-5-9-15(12-13)24-21(27)25-19-18(23-14-7-1-2-8-14)16-10-3-4-11-17(16)28-20(19)26/h3-6,9-12,14,23H,1-2,7-8H2,(H2,24,25,27). The number of carbonyl (C=O) groups excluding carboxylic acids is 1. The second-order valence-electron chi connectivity index (χ2n) is 6.85. The van der Waals surface area contributed by atoms with Gasteiger partial charge >= 0.3 is 11.7 Å². The van der Waals surface area contributed by atoms with Crippen LogP contribution in [0, 0.1) is 0 Å². The van der Waals surface area contributed by atoms with Crippen molar-refractivity contribution in [1.82, 2.24) is 0 Å². The van der Waals surface area contributed by atoms with E-state index < -0.39 is 11.7 Å². The predicted octanol–water partition coefficient (Wildman–Crippen LogP) is 5.44. The largest absolute Gasteiger partial charge is 0.421 e. The number of hydrogen-bond donors (Lipinski definition) is 3. The first-order valence-corrected chi connectivity index (χ1v) is 9.64. The molecule has 3 aromatic rings. The van der Waals surface area contributed by atoms with Gasteiger partial charge in [-0.2, -0.15) is 0 Å². The number of para-hydroxylation sites is 1. The van der Waals surface area contributed by atoms with Gasteiger partial charge in [-0.25, -0.2) is 9.59 Å². The summed E-state index contributed by atoms with van der Waals surface area (Å²) >= 11 is 5.95. The Morgan fingerprint density at radius 2 is 1.79 bits per heavy atom. The molecule has 0 radical (unpaired) electrons. The van der Waals surface area contributed by atoms with Crippen LogP contribution < -0.4 is 21.6 Å². The zero-order valence-electron chi connectivity index (χ0n) is 15.1. The molecular formula is C21H20ClN3O3. The zero-order chi connectivity index (χ0) is 19.5. The quantitative estimate of drug-likeness (QED) is 0.511. The number of carbonyl (C=O) groups is 1. The molecule has 1 aromatic heterocycles. The fourth-order valence-electron chi connectivity index (χ4n) is 3.53. The molecule has 2 amide bonds. The first kappa shape index (κ1) is 18.4. The Morgan fingerprint density at radius 3 is 2.57 bits per heavy atom. The summed E-state index contributed by atoms with van der Waals surface area (Å²) in [6.45, 7) is 0. The highest BCUT2D eigenvalue weighted by atomic mass is 35.5. The van der Waals surface area contributed by atoms with E-state index in [2.05, 4.69) is 16.0 Å². The van der Waals surface area contributed by atoms with Gasteiger partial charge in [0.25, 0.3) is 0 Å². The number of hydrogen-bond acceptors (Lipinski definition) is 4. The van der Waals surface area contributed by atoms with Crippen molar-refractivity contribution in [3.05, 3.63) is 64.0 Å². The Labute approximate surface area is 166 Å². The van der Waals surface area contributed by atoms with Crippen LogP contribution in [0.15, 0.2) is 57.7 Å². The fraction of sp³-hybridized carbons (Fsp3) is 0.238. The molecule has 0 spiro atoms. The Morgan fingerprint density at radius 1 is 1.00 bits per heavy atom. The van der Waals surface area contributed by atoms with Gasteiger partial charge in [0.05, 0.1) is 5.69 Å². The van der Waals surface area contributed by atoms with Crippen LogP contribution in [0.3, 0.4) is 0 Å². The number of benzene rings is 2. The number of halogens is 1. The molecule has 28 heavy (non-hydrogen) atoms. The lowest BCUT2D eigenvalue weighted by molar-refractivity contribution is 0.262. The van der Waals surface area contributed by atoms with Crippen LogP contribution in [0.2, 0.25) is 5.02 Å². The van der Waals surface area contributed by atoms with Gasteiger partial charge in [-0.05, 0) is 43.2 Å². The first-order valence-electron chi connectivity index (χ1n) is 9.26. The van der Waals surface area contributed by atoms with Crippen LogP contribution in [-0.2, 0) is 0 Å². The summed E-state index contributed by atoms with van der Waals surface area (Å²) in [6, 6.07) is 13.8. The number of nitrogens with one attached hydrogen (secondary N) is 3. The molecule has 4 rings (SSSR count). The second-order valence-corrected chi connectivity index (χ2v) is 7.29. The lowest BCUT2D eigenvalue weighted by Crippen LogP contribution is -2.26. The lowest BCUT2D eigenvalue weighted by Gasteiger charge is -2.18. The summed E-state index contributed by atoms with van der Waals surface area (Å²) in [5.74, 6) is 0. The van der Waals surface area contributed by atoms with E-state index in [1.54, 1.807) is 30.3 Å². The molecule has 1 aliphatic rings. The third kappa shape index (κ3) is 3.97. The lowest BCUT2D eigenvalue weighted by atomic mass is 10.1. The highest BCUT2D eigenvalue weighted by Crippen LogP contribution is 2.32.